The van der Waals surface area contributed by atoms with Gasteiger partial charge < -0.3 is 14.6 Å². The number of hydrogen-bond donors (Lipinski definition) is 1. The number of carbonyl (C=O) groups excluding carboxylic acids is 2. The molecule has 2 aromatic carbocycles. The van der Waals surface area contributed by atoms with Crippen LogP contribution in [-0.4, -0.2) is 39.5 Å². The van der Waals surface area contributed by atoms with Crippen molar-refractivity contribution < 1.29 is 18.7 Å². The number of benzene rings is 2. The fraction of sp³-hybridized carbons (Fsp3) is 0.154. The Labute approximate surface area is 226 Å². The number of allylic oxidation sites excluding steroid dienone is 1. The third kappa shape index (κ3) is 6.46. The van der Waals surface area contributed by atoms with Crippen LogP contribution in [0.4, 0.5) is 9.39 Å². The molecule has 0 radical (unpaired) electrons. The van der Waals surface area contributed by atoms with Gasteiger partial charge in [-0.25, -0.2) is 9.18 Å². The number of ether oxygens (including phenoxy) is 1. The molecule has 0 fully saturated rings. The SMILES string of the molecule is C=CCn1c(Cc2ccc(Cl)cc2)nnc1SCC(=O)Nc1scc(-c2ccc(F)cc2)c1C(=O)OC. The first-order valence-corrected chi connectivity index (χ1v) is 13.3. The first-order valence-electron chi connectivity index (χ1n) is 11.1. The zero-order valence-corrected chi connectivity index (χ0v) is 22.1. The number of aromatic nitrogens is 3. The predicted octanol–water partition coefficient (Wildman–Crippen LogP) is 6.09. The Morgan fingerprint density at radius 3 is 2.59 bits per heavy atom. The third-order valence-corrected chi connectivity index (χ3v) is 7.42. The highest BCUT2D eigenvalue weighted by Crippen LogP contribution is 2.36. The summed E-state index contributed by atoms with van der Waals surface area (Å²) >= 11 is 8.40. The molecule has 1 amide bonds. The van der Waals surface area contributed by atoms with E-state index in [-0.39, 0.29) is 23.0 Å². The highest BCUT2D eigenvalue weighted by Gasteiger charge is 2.23. The summed E-state index contributed by atoms with van der Waals surface area (Å²) in [7, 11) is 1.27. The maximum atomic E-state index is 13.4. The molecule has 0 saturated heterocycles. The molecule has 4 rings (SSSR count). The molecule has 0 unspecified atom stereocenters. The molecule has 0 aliphatic carbocycles. The minimum atomic E-state index is -0.596. The molecule has 2 aromatic heterocycles. The van der Waals surface area contributed by atoms with E-state index in [0.717, 1.165) is 11.4 Å². The number of nitrogens with zero attached hydrogens (tertiary/aromatic N) is 3. The van der Waals surface area contributed by atoms with Crippen molar-refractivity contribution >= 4 is 51.6 Å². The van der Waals surface area contributed by atoms with Gasteiger partial charge in [-0.1, -0.05) is 53.7 Å². The fourth-order valence-electron chi connectivity index (χ4n) is 3.54. The number of nitrogens with one attached hydrogen (secondary N) is 1. The normalized spacial score (nSPS) is 10.8. The van der Waals surface area contributed by atoms with E-state index in [4.69, 9.17) is 16.3 Å². The largest absolute Gasteiger partial charge is 0.465 e. The molecule has 0 aliphatic rings. The lowest BCUT2D eigenvalue weighted by Crippen LogP contribution is -2.16. The number of rotatable bonds is 10. The Morgan fingerprint density at radius 1 is 1.19 bits per heavy atom. The van der Waals surface area contributed by atoms with Gasteiger partial charge in [-0.05, 0) is 35.4 Å². The van der Waals surface area contributed by atoms with E-state index in [1.807, 2.05) is 28.8 Å². The number of methoxy groups -OCH3 is 1. The number of hydrogen-bond acceptors (Lipinski definition) is 7. The van der Waals surface area contributed by atoms with E-state index in [1.165, 1.54) is 42.3 Å². The monoisotopic (exact) mass is 556 g/mol. The maximum Gasteiger partial charge on any atom is 0.341 e. The summed E-state index contributed by atoms with van der Waals surface area (Å²) in [5.41, 5.74) is 2.44. The van der Waals surface area contributed by atoms with Crippen molar-refractivity contribution in [1.82, 2.24) is 14.8 Å². The highest BCUT2D eigenvalue weighted by molar-refractivity contribution is 7.99. The van der Waals surface area contributed by atoms with E-state index < -0.39 is 5.97 Å². The Morgan fingerprint density at radius 2 is 1.92 bits per heavy atom. The van der Waals surface area contributed by atoms with Crippen molar-refractivity contribution in [2.75, 3.05) is 18.2 Å². The molecular weight excluding hydrogens is 535 g/mol. The minimum Gasteiger partial charge on any atom is -0.465 e. The second kappa shape index (κ2) is 12.2. The van der Waals surface area contributed by atoms with Crippen molar-refractivity contribution in [3.63, 3.8) is 0 Å². The number of esters is 1. The van der Waals surface area contributed by atoms with Crippen molar-refractivity contribution in [1.29, 1.82) is 0 Å². The van der Waals surface area contributed by atoms with Crippen molar-refractivity contribution in [2.45, 2.75) is 18.1 Å². The van der Waals surface area contributed by atoms with Crippen LogP contribution < -0.4 is 5.32 Å². The van der Waals surface area contributed by atoms with Crippen LogP contribution in [0, 0.1) is 5.82 Å². The summed E-state index contributed by atoms with van der Waals surface area (Å²) in [5, 5.41) is 14.7. The smallest absolute Gasteiger partial charge is 0.341 e. The Kier molecular flexibility index (Phi) is 8.75. The van der Waals surface area contributed by atoms with Crippen LogP contribution in [0.3, 0.4) is 0 Å². The minimum absolute atomic E-state index is 0.0423. The molecule has 11 heteroatoms. The van der Waals surface area contributed by atoms with Gasteiger partial charge in [0.1, 0.15) is 22.2 Å². The second-order valence-corrected chi connectivity index (χ2v) is 10.0. The summed E-state index contributed by atoms with van der Waals surface area (Å²) in [6, 6.07) is 13.2. The Bertz CT molecular complexity index is 1420. The molecule has 0 aliphatic heterocycles. The molecule has 7 nitrogen and oxygen atoms in total. The lowest BCUT2D eigenvalue weighted by atomic mass is 10.0. The number of thioether (sulfide) groups is 1. The highest BCUT2D eigenvalue weighted by atomic mass is 35.5. The van der Waals surface area contributed by atoms with Gasteiger partial charge in [-0.2, -0.15) is 0 Å². The standard InChI is InChI=1S/C26H22ClFN4O3S2/c1-3-12-32-21(13-16-4-8-18(27)9-5-16)30-31-26(32)37-15-22(33)29-24-23(25(34)35-2)20(14-36-24)17-6-10-19(28)11-7-17/h3-11,14H,1,12-13,15H2,2H3,(H,29,33). The molecule has 4 aromatic rings. The van der Waals surface area contributed by atoms with E-state index in [1.54, 1.807) is 23.6 Å². The molecule has 1 N–H and O–H groups in total. The Hall–Kier alpha value is -3.47. The van der Waals surface area contributed by atoms with Crippen LogP contribution in [0.25, 0.3) is 11.1 Å². The van der Waals surface area contributed by atoms with Gasteiger partial charge in [-0.15, -0.1) is 28.1 Å². The quantitative estimate of drug-likeness (QED) is 0.144. The average Bonchev–Trinajstić information content (AvgIpc) is 3.48. The summed E-state index contributed by atoms with van der Waals surface area (Å²) in [6.45, 7) is 4.29. The van der Waals surface area contributed by atoms with E-state index >= 15 is 0 Å². The molecule has 0 atom stereocenters. The molecular formula is C26H22ClFN4O3S2. The number of amides is 1. The van der Waals surface area contributed by atoms with Crippen molar-refractivity contribution in [3.05, 3.63) is 94.4 Å². The van der Waals surface area contributed by atoms with E-state index in [0.29, 0.717) is 39.3 Å². The van der Waals surface area contributed by atoms with Crippen LogP contribution in [0.1, 0.15) is 21.7 Å². The van der Waals surface area contributed by atoms with Gasteiger partial charge in [0.05, 0.1) is 12.9 Å². The van der Waals surface area contributed by atoms with Gasteiger partial charge in [0.25, 0.3) is 0 Å². The van der Waals surface area contributed by atoms with Crippen LogP contribution in [0.5, 0.6) is 0 Å². The Balaban J connectivity index is 1.48. The second-order valence-electron chi connectivity index (χ2n) is 7.79. The van der Waals surface area contributed by atoms with Gasteiger partial charge in [0, 0.05) is 28.9 Å². The van der Waals surface area contributed by atoms with Gasteiger partial charge in [0.2, 0.25) is 5.91 Å². The van der Waals surface area contributed by atoms with Gasteiger partial charge >= 0.3 is 5.97 Å². The maximum absolute atomic E-state index is 13.4. The molecule has 0 spiro atoms. The van der Waals surface area contributed by atoms with E-state index in [2.05, 4.69) is 22.1 Å². The number of halogens is 2. The van der Waals surface area contributed by atoms with Crippen molar-refractivity contribution in [3.8, 4) is 11.1 Å². The lowest BCUT2D eigenvalue weighted by Gasteiger charge is -2.09. The fourth-order valence-corrected chi connectivity index (χ4v) is 5.41. The first-order chi connectivity index (χ1) is 17.9. The lowest BCUT2D eigenvalue weighted by molar-refractivity contribution is -0.113. The summed E-state index contributed by atoms with van der Waals surface area (Å²) in [6.07, 6.45) is 2.29. The average molecular weight is 557 g/mol. The first kappa shape index (κ1) is 26.6. The molecule has 190 valence electrons. The number of thiophene rings is 1. The molecule has 0 saturated carbocycles. The van der Waals surface area contributed by atoms with Gasteiger partial charge in [-0.3, -0.25) is 4.79 Å². The third-order valence-electron chi connectivity index (χ3n) is 5.30. The topological polar surface area (TPSA) is 86.1 Å². The zero-order valence-electron chi connectivity index (χ0n) is 19.7. The molecule has 2 heterocycles. The summed E-state index contributed by atoms with van der Waals surface area (Å²) < 4.78 is 20.2. The van der Waals surface area contributed by atoms with Gasteiger partial charge in [0.15, 0.2) is 5.16 Å². The van der Waals surface area contributed by atoms with Crippen molar-refractivity contribution in [2.24, 2.45) is 0 Å². The number of anilines is 1. The predicted molar refractivity (Wildman–Crippen MR) is 145 cm³/mol. The van der Waals surface area contributed by atoms with E-state index in [9.17, 15) is 14.0 Å². The summed E-state index contributed by atoms with van der Waals surface area (Å²) in [4.78, 5) is 25.3. The van der Waals surface area contributed by atoms with Crippen LogP contribution in [0.2, 0.25) is 5.02 Å². The molecule has 0 bridgehead atoms. The molecule has 37 heavy (non-hydrogen) atoms. The van der Waals surface area contributed by atoms with Crippen LogP contribution in [-0.2, 0) is 22.5 Å². The summed E-state index contributed by atoms with van der Waals surface area (Å²) in [5.74, 6) is -0.526. The van der Waals surface area contributed by atoms with Crippen LogP contribution >= 0.6 is 34.7 Å². The van der Waals surface area contributed by atoms with Crippen LogP contribution in [0.15, 0.2) is 71.7 Å². The zero-order chi connectivity index (χ0) is 26.4. The number of carbonyl (C=O) groups is 2.